The predicted molar refractivity (Wildman–Crippen MR) is 69.1 cm³/mol. The van der Waals surface area contributed by atoms with Crippen LogP contribution < -0.4 is 5.73 Å². The second-order valence-electron chi connectivity index (χ2n) is 3.78. The Morgan fingerprint density at radius 1 is 1.29 bits per heavy atom. The molecule has 1 unspecified atom stereocenters. The van der Waals surface area contributed by atoms with Crippen molar-refractivity contribution >= 4 is 21.6 Å². The summed E-state index contributed by atoms with van der Waals surface area (Å²) in [6.45, 7) is 0. The Morgan fingerprint density at radius 2 is 2.00 bits per heavy atom. The second kappa shape index (κ2) is 5.55. The molecule has 0 fully saturated rings. The fourth-order valence-electron chi connectivity index (χ4n) is 1.75. The average Bonchev–Trinajstić information content (AvgIpc) is 2.72. The summed E-state index contributed by atoms with van der Waals surface area (Å²) in [6, 6.07) is 7.86. The SMILES string of the molecule is COC(OC)C(N)Cc1nc2ccccc2s1. The van der Waals surface area contributed by atoms with Crippen LogP contribution >= 0.6 is 11.3 Å². The summed E-state index contributed by atoms with van der Waals surface area (Å²) in [7, 11) is 3.18. The number of methoxy groups -OCH3 is 2. The van der Waals surface area contributed by atoms with Crippen LogP contribution in [-0.2, 0) is 15.9 Å². The van der Waals surface area contributed by atoms with E-state index in [-0.39, 0.29) is 12.3 Å². The van der Waals surface area contributed by atoms with E-state index in [4.69, 9.17) is 15.2 Å². The summed E-state index contributed by atoms with van der Waals surface area (Å²) >= 11 is 1.66. The van der Waals surface area contributed by atoms with Gasteiger partial charge in [-0.2, -0.15) is 0 Å². The van der Waals surface area contributed by atoms with Crippen molar-refractivity contribution in [3.05, 3.63) is 29.3 Å². The van der Waals surface area contributed by atoms with Crippen LogP contribution in [0, 0.1) is 0 Å². The number of hydrogen-bond donors (Lipinski definition) is 1. The zero-order chi connectivity index (χ0) is 12.3. The molecule has 1 aromatic heterocycles. The second-order valence-corrected chi connectivity index (χ2v) is 4.90. The van der Waals surface area contributed by atoms with Crippen molar-refractivity contribution in [2.24, 2.45) is 5.73 Å². The highest BCUT2D eigenvalue weighted by Gasteiger charge is 2.18. The molecule has 0 amide bonds. The van der Waals surface area contributed by atoms with Crippen LogP contribution in [0.2, 0.25) is 0 Å². The molecule has 92 valence electrons. The molecule has 17 heavy (non-hydrogen) atoms. The molecule has 0 spiro atoms. The van der Waals surface area contributed by atoms with E-state index in [1.807, 2.05) is 18.2 Å². The fraction of sp³-hybridized carbons (Fsp3) is 0.417. The van der Waals surface area contributed by atoms with Crippen molar-refractivity contribution in [3.8, 4) is 0 Å². The molecule has 1 heterocycles. The molecule has 2 aromatic rings. The summed E-state index contributed by atoms with van der Waals surface area (Å²) in [6.07, 6.45) is 0.271. The topological polar surface area (TPSA) is 57.4 Å². The molecule has 1 aromatic carbocycles. The van der Waals surface area contributed by atoms with Crippen molar-refractivity contribution in [1.82, 2.24) is 4.98 Å². The molecule has 0 bridgehead atoms. The molecular weight excluding hydrogens is 236 g/mol. The number of nitrogens with zero attached hydrogens (tertiary/aromatic N) is 1. The van der Waals surface area contributed by atoms with Gasteiger partial charge in [-0.15, -0.1) is 11.3 Å². The van der Waals surface area contributed by atoms with E-state index in [2.05, 4.69) is 11.1 Å². The third-order valence-corrected chi connectivity index (χ3v) is 3.62. The van der Waals surface area contributed by atoms with Crippen LogP contribution in [0.3, 0.4) is 0 Å². The first-order valence-electron chi connectivity index (χ1n) is 5.40. The molecule has 0 aliphatic heterocycles. The number of para-hydroxylation sites is 1. The first-order chi connectivity index (χ1) is 8.24. The Morgan fingerprint density at radius 3 is 2.65 bits per heavy atom. The van der Waals surface area contributed by atoms with E-state index in [1.165, 1.54) is 4.70 Å². The highest BCUT2D eigenvalue weighted by molar-refractivity contribution is 7.18. The van der Waals surface area contributed by atoms with Crippen LogP contribution in [-0.4, -0.2) is 31.5 Å². The van der Waals surface area contributed by atoms with Crippen molar-refractivity contribution in [3.63, 3.8) is 0 Å². The molecule has 2 rings (SSSR count). The van der Waals surface area contributed by atoms with E-state index >= 15 is 0 Å². The number of thiazole rings is 1. The van der Waals surface area contributed by atoms with Gasteiger partial charge in [-0.05, 0) is 12.1 Å². The maximum atomic E-state index is 6.01. The summed E-state index contributed by atoms with van der Waals surface area (Å²) in [4.78, 5) is 4.53. The lowest BCUT2D eigenvalue weighted by atomic mass is 10.2. The molecule has 4 nitrogen and oxygen atoms in total. The minimum atomic E-state index is -0.387. The normalized spacial score (nSPS) is 13.4. The van der Waals surface area contributed by atoms with Crippen LogP contribution in [0.15, 0.2) is 24.3 Å². The first-order valence-corrected chi connectivity index (χ1v) is 6.22. The summed E-state index contributed by atoms with van der Waals surface area (Å²) in [5.41, 5.74) is 7.03. The maximum Gasteiger partial charge on any atom is 0.172 e. The number of aromatic nitrogens is 1. The molecule has 0 saturated carbocycles. The van der Waals surface area contributed by atoms with Gasteiger partial charge in [0.15, 0.2) is 6.29 Å². The van der Waals surface area contributed by atoms with Gasteiger partial charge in [-0.3, -0.25) is 0 Å². The molecule has 0 aliphatic carbocycles. The Hall–Kier alpha value is -1.01. The lowest BCUT2D eigenvalue weighted by molar-refractivity contribution is -0.115. The van der Waals surface area contributed by atoms with Crippen LogP contribution in [0.1, 0.15) is 5.01 Å². The van der Waals surface area contributed by atoms with Gasteiger partial charge >= 0.3 is 0 Å². The largest absolute Gasteiger partial charge is 0.354 e. The Balaban J connectivity index is 2.12. The smallest absolute Gasteiger partial charge is 0.172 e. The highest BCUT2D eigenvalue weighted by atomic mass is 32.1. The Labute approximate surface area is 104 Å². The molecule has 0 aliphatic rings. The Kier molecular flexibility index (Phi) is 4.06. The van der Waals surface area contributed by atoms with Crippen LogP contribution in [0.4, 0.5) is 0 Å². The van der Waals surface area contributed by atoms with Crippen molar-refractivity contribution in [2.45, 2.75) is 18.8 Å². The number of hydrogen-bond acceptors (Lipinski definition) is 5. The third kappa shape index (κ3) is 2.81. The molecule has 5 heteroatoms. The Bertz CT molecular complexity index is 449. The molecule has 0 saturated heterocycles. The van der Waals surface area contributed by atoms with Crippen molar-refractivity contribution < 1.29 is 9.47 Å². The lowest BCUT2D eigenvalue weighted by Crippen LogP contribution is -2.39. The van der Waals surface area contributed by atoms with E-state index in [1.54, 1.807) is 25.6 Å². The maximum absolute atomic E-state index is 6.01. The summed E-state index contributed by atoms with van der Waals surface area (Å²) in [5, 5.41) is 1.01. The number of rotatable bonds is 5. The molecule has 2 N–H and O–H groups in total. The number of benzene rings is 1. The average molecular weight is 252 g/mol. The minimum Gasteiger partial charge on any atom is -0.354 e. The quantitative estimate of drug-likeness (QED) is 0.824. The zero-order valence-corrected chi connectivity index (χ0v) is 10.7. The van der Waals surface area contributed by atoms with Gasteiger partial charge in [0.2, 0.25) is 0 Å². The molecule has 1 atom stereocenters. The van der Waals surface area contributed by atoms with Crippen LogP contribution in [0.5, 0.6) is 0 Å². The molecular formula is C12H16N2O2S. The van der Waals surface area contributed by atoms with Gasteiger partial charge in [0.05, 0.1) is 21.3 Å². The van der Waals surface area contributed by atoms with Gasteiger partial charge in [-0.25, -0.2) is 4.98 Å². The van der Waals surface area contributed by atoms with Gasteiger partial charge in [0.1, 0.15) is 0 Å². The van der Waals surface area contributed by atoms with E-state index < -0.39 is 0 Å². The fourth-order valence-corrected chi connectivity index (χ4v) is 2.79. The standard InChI is InChI=1S/C12H16N2O2S/c1-15-12(16-2)8(13)7-11-14-9-5-3-4-6-10(9)17-11/h3-6,8,12H,7,13H2,1-2H3. The highest BCUT2D eigenvalue weighted by Crippen LogP contribution is 2.22. The molecule has 0 radical (unpaired) electrons. The number of ether oxygens (including phenoxy) is 2. The van der Waals surface area contributed by atoms with E-state index in [9.17, 15) is 0 Å². The summed E-state index contributed by atoms with van der Waals surface area (Å²) < 4.78 is 11.5. The van der Waals surface area contributed by atoms with Gasteiger partial charge < -0.3 is 15.2 Å². The first kappa shape index (κ1) is 12.4. The monoisotopic (exact) mass is 252 g/mol. The zero-order valence-electron chi connectivity index (χ0n) is 9.92. The van der Waals surface area contributed by atoms with Gasteiger partial charge in [0, 0.05) is 20.6 Å². The minimum absolute atomic E-state index is 0.203. The van der Waals surface area contributed by atoms with Gasteiger partial charge in [0.25, 0.3) is 0 Å². The van der Waals surface area contributed by atoms with E-state index in [0.29, 0.717) is 6.42 Å². The van der Waals surface area contributed by atoms with Crippen LogP contribution in [0.25, 0.3) is 10.2 Å². The predicted octanol–water partition coefficient (Wildman–Crippen LogP) is 1.78. The number of fused-ring (bicyclic) bond motifs is 1. The number of nitrogens with two attached hydrogens (primary N) is 1. The van der Waals surface area contributed by atoms with Crippen molar-refractivity contribution in [1.29, 1.82) is 0 Å². The lowest BCUT2D eigenvalue weighted by Gasteiger charge is -2.19. The van der Waals surface area contributed by atoms with Gasteiger partial charge in [-0.1, -0.05) is 12.1 Å². The van der Waals surface area contributed by atoms with E-state index in [0.717, 1.165) is 10.5 Å². The van der Waals surface area contributed by atoms with Crippen molar-refractivity contribution in [2.75, 3.05) is 14.2 Å². The third-order valence-electron chi connectivity index (χ3n) is 2.56. The summed E-state index contributed by atoms with van der Waals surface area (Å²) in [5.74, 6) is 0.